The third-order valence-corrected chi connectivity index (χ3v) is 9.66. The van der Waals surface area contributed by atoms with E-state index >= 15 is 0 Å². The summed E-state index contributed by atoms with van der Waals surface area (Å²) in [6.07, 6.45) is 23.8. The fourth-order valence-electron chi connectivity index (χ4n) is 6.92. The molecular formula is C41H38F2N10O2. The molecule has 0 atom stereocenters. The van der Waals surface area contributed by atoms with Crippen LogP contribution in [0, 0.1) is 23.5 Å². The van der Waals surface area contributed by atoms with Crippen LogP contribution in [0.4, 0.5) is 20.4 Å². The number of carbonyl (C=O) groups is 2. The van der Waals surface area contributed by atoms with Gasteiger partial charge in [0.2, 0.25) is 11.8 Å². The minimum Gasteiger partial charge on any atom is -0.309 e. The molecule has 2 amide bonds. The van der Waals surface area contributed by atoms with E-state index in [2.05, 4.69) is 50.5 Å². The second-order valence-electron chi connectivity index (χ2n) is 13.5. The first-order chi connectivity index (χ1) is 26.9. The first-order valence-corrected chi connectivity index (χ1v) is 18.3. The predicted molar refractivity (Wildman–Crippen MR) is 203 cm³/mol. The lowest BCUT2D eigenvalue weighted by Gasteiger charge is -2.13. The Morgan fingerprint density at radius 2 is 1.07 bits per heavy atom. The van der Waals surface area contributed by atoms with Crippen molar-refractivity contribution < 1.29 is 18.4 Å². The molecule has 8 rings (SSSR count). The Hall–Kier alpha value is -6.44. The standard InChI is InChI=1S/C21H20FN5O.C20H18FN5O/c22-17-12-24-9-7-16(17)21-20(15-6-3-8-23-11-15)27-18(13-25-21)26-19(28)10-14-4-1-2-5-14;21-16-11-23-9-7-15(16)19-18(14-6-3-8-22-10-14)25-17(12-24-19)26-20(27)13-4-1-2-5-13/h3,6-9,11-14H,1-2,4-5,10H2,(H,26,27,28);3,6-13H,1-2,4-5H2,(H,25,26,27). The highest BCUT2D eigenvalue weighted by Crippen LogP contribution is 2.33. The second-order valence-corrected chi connectivity index (χ2v) is 13.5. The first kappa shape index (κ1) is 36.9. The molecule has 12 nitrogen and oxygen atoms in total. The maximum Gasteiger partial charge on any atom is 0.228 e. The van der Waals surface area contributed by atoms with Crippen LogP contribution in [0.25, 0.3) is 45.0 Å². The zero-order chi connectivity index (χ0) is 38.0. The molecule has 278 valence electrons. The molecule has 14 heteroatoms. The molecule has 6 aromatic heterocycles. The topological polar surface area (TPSA) is 161 Å². The number of carbonyl (C=O) groups excluding carboxylic acids is 2. The van der Waals surface area contributed by atoms with Crippen molar-refractivity contribution in [2.24, 2.45) is 11.8 Å². The number of nitrogens with one attached hydrogen (secondary N) is 2. The van der Waals surface area contributed by atoms with Crippen molar-refractivity contribution in [3.63, 3.8) is 0 Å². The molecule has 2 fully saturated rings. The quantitative estimate of drug-likeness (QED) is 0.148. The maximum atomic E-state index is 14.3. The molecule has 0 aliphatic heterocycles. The van der Waals surface area contributed by atoms with Crippen LogP contribution >= 0.6 is 0 Å². The van der Waals surface area contributed by atoms with E-state index in [9.17, 15) is 18.4 Å². The zero-order valence-electron chi connectivity index (χ0n) is 29.9. The van der Waals surface area contributed by atoms with Crippen molar-refractivity contribution in [3.8, 4) is 45.0 Å². The molecule has 2 aliphatic rings. The van der Waals surface area contributed by atoms with E-state index in [1.807, 2.05) is 12.1 Å². The largest absolute Gasteiger partial charge is 0.309 e. The van der Waals surface area contributed by atoms with Crippen molar-refractivity contribution in [1.29, 1.82) is 0 Å². The van der Waals surface area contributed by atoms with Gasteiger partial charge in [-0.1, -0.05) is 25.7 Å². The van der Waals surface area contributed by atoms with Gasteiger partial charge >= 0.3 is 0 Å². The molecule has 55 heavy (non-hydrogen) atoms. The number of rotatable bonds is 9. The first-order valence-electron chi connectivity index (χ1n) is 18.3. The normalized spacial score (nSPS) is 14.2. The van der Waals surface area contributed by atoms with Gasteiger partial charge in [-0.15, -0.1) is 0 Å². The van der Waals surface area contributed by atoms with Crippen LogP contribution < -0.4 is 10.6 Å². The van der Waals surface area contributed by atoms with Gasteiger partial charge < -0.3 is 10.6 Å². The highest BCUT2D eigenvalue weighted by Gasteiger charge is 2.24. The van der Waals surface area contributed by atoms with Gasteiger partial charge in [-0.25, -0.2) is 28.7 Å². The average molecular weight is 741 g/mol. The summed E-state index contributed by atoms with van der Waals surface area (Å²) in [7, 11) is 0. The second kappa shape index (κ2) is 17.6. The number of amides is 2. The number of aromatic nitrogens is 8. The summed E-state index contributed by atoms with van der Waals surface area (Å²) in [5, 5.41) is 5.68. The molecule has 0 aromatic carbocycles. The van der Waals surface area contributed by atoms with Crippen LogP contribution in [0.15, 0.2) is 98.4 Å². The van der Waals surface area contributed by atoms with Gasteiger partial charge in [-0.05, 0) is 68.0 Å². The molecule has 2 saturated carbocycles. The summed E-state index contributed by atoms with van der Waals surface area (Å²) in [5.74, 6) is 0.0773. The van der Waals surface area contributed by atoms with E-state index in [4.69, 9.17) is 0 Å². The molecular weight excluding hydrogens is 703 g/mol. The lowest BCUT2D eigenvalue weighted by molar-refractivity contribution is -0.119. The summed E-state index contributed by atoms with van der Waals surface area (Å²) in [5.41, 5.74) is 3.63. The lowest BCUT2D eigenvalue weighted by Crippen LogP contribution is -2.21. The summed E-state index contributed by atoms with van der Waals surface area (Å²) >= 11 is 0. The number of pyridine rings is 4. The molecule has 2 aliphatic carbocycles. The minimum atomic E-state index is -0.486. The van der Waals surface area contributed by atoms with Crippen LogP contribution in [0.3, 0.4) is 0 Å². The molecule has 0 unspecified atom stereocenters. The van der Waals surface area contributed by atoms with Crippen molar-refractivity contribution >= 4 is 23.5 Å². The average Bonchev–Trinajstić information content (AvgIpc) is 3.95. The Bertz CT molecular complexity index is 2250. The van der Waals surface area contributed by atoms with Crippen LogP contribution in [0.1, 0.15) is 57.8 Å². The third-order valence-electron chi connectivity index (χ3n) is 9.66. The van der Waals surface area contributed by atoms with E-state index in [-0.39, 0.29) is 17.7 Å². The Kier molecular flexibility index (Phi) is 11.8. The van der Waals surface area contributed by atoms with Crippen molar-refractivity contribution in [3.05, 3.63) is 110 Å². The third kappa shape index (κ3) is 9.21. The van der Waals surface area contributed by atoms with Crippen molar-refractivity contribution in [2.45, 2.75) is 57.8 Å². The molecule has 0 bridgehead atoms. The van der Waals surface area contributed by atoms with E-state index in [1.165, 1.54) is 37.6 Å². The predicted octanol–water partition coefficient (Wildman–Crippen LogP) is 8.13. The fraction of sp³-hybridized carbons (Fsp3) is 0.268. The van der Waals surface area contributed by atoms with E-state index in [1.54, 1.807) is 49.1 Å². The van der Waals surface area contributed by atoms with Gasteiger partial charge in [0.1, 0.15) is 11.4 Å². The SMILES string of the molecule is O=C(CC1CCCC1)Nc1cnc(-c2ccncc2F)c(-c2cccnc2)n1.O=C(Nc1cnc(-c2ccncc2F)c(-c2cccnc2)n1)C1CCCC1. The number of anilines is 2. The fourth-order valence-corrected chi connectivity index (χ4v) is 6.92. The highest BCUT2D eigenvalue weighted by molar-refractivity contribution is 5.92. The number of hydrogen-bond donors (Lipinski definition) is 2. The summed E-state index contributed by atoms with van der Waals surface area (Å²) < 4.78 is 28.6. The Morgan fingerprint density at radius 1 is 0.582 bits per heavy atom. The maximum absolute atomic E-state index is 14.3. The Morgan fingerprint density at radius 3 is 1.56 bits per heavy atom. The van der Waals surface area contributed by atoms with Gasteiger partial charge in [-0.3, -0.25) is 29.5 Å². The minimum absolute atomic E-state index is 0.0194. The molecule has 2 N–H and O–H groups in total. The number of halogens is 2. The number of nitrogens with zero attached hydrogens (tertiary/aromatic N) is 8. The molecule has 0 saturated heterocycles. The van der Waals surface area contributed by atoms with E-state index in [0.717, 1.165) is 50.9 Å². The number of hydrogen-bond acceptors (Lipinski definition) is 10. The lowest BCUT2D eigenvalue weighted by atomic mass is 10.0. The summed E-state index contributed by atoms with van der Waals surface area (Å²) in [4.78, 5) is 58.5. The van der Waals surface area contributed by atoms with E-state index < -0.39 is 11.6 Å². The summed E-state index contributed by atoms with van der Waals surface area (Å²) in [6.45, 7) is 0. The monoisotopic (exact) mass is 740 g/mol. The Labute approximate surface area is 316 Å². The van der Waals surface area contributed by atoms with Crippen molar-refractivity contribution in [2.75, 3.05) is 10.6 Å². The van der Waals surface area contributed by atoms with Gasteiger partial charge in [0.25, 0.3) is 0 Å². The van der Waals surface area contributed by atoms with Crippen molar-refractivity contribution in [1.82, 2.24) is 39.9 Å². The van der Waals surface area contributed by atoms with Gasteiger partial charge in [0.05, 0.1) is 36.2 Å². The molecule has 6 heterocycles. The Balaban J connectivity index is 0.000000169. The zero-order valence-corrected chi connectivity index (χ0v) is 29.9. The molecule has 0 radical (unpaired) electrons. The van der Waals surface area contributed by atoms with Gasteiger partial charge in [0, 0.05) is 71.8 Å². The molecule has 0 spiro atoms. The van der Waals surface area contributed by atoms with Gasteiger partial charge in [0.15, 0.2) is 23.3 Å². The highest BCUT2D eigenvalue weighted by atomic mass is 19.1. The smallest absolute Gasteiger partial charge is 0.228 e. The van der Waals surface area contributed by atoms with Crippen LogP contribution in [0.5, 0.6) is 0 Å². The van der Waals surface area contributed by atoms with E-state index in [0.29, 0.717) is 69.0 Å². The van der Waals surface area contributed by atoms with Crippen LogP contribution in [-0.4, -0.2) is 51.7 Å². The van der Waals surface area contributed by atoms with Gasteiger partial charge in [-0.2, -0.15) is 0 Å². The van der Waals surface area contributed by atoms with Crippen LogP contribution in [-0.2, 0) is 9.59 Å². The summed E-state index contributed by atoms with van der Waals surface area (Å²) in [6, 6.07) is 10.3. The molecule has 6 aromatic rings. The van der Waals surface area contributed by atoms with Crippen LogP contribution in [0.2, 0.25) is 0 Å².